The maximum absolute atomic E-state index is 13.8. The molecule has 3 aromatic rings. The number of thioether (sulfide) groups is 1. The van der Waals surface area contributed by atoms with Crippen molar-refractivity contribution in [1.29, 1.82) is 0 Å². The second-order valence-electron chi connectivity index (χ2n) is 8.32. The highest BCUT2D eigenvalue weighted by Gasteiger charge is 2.38. The second-order valence-corrected chi connectivity index (χ2v) is 10.7. The minimum Gasteiger partial charge on any atom is -0.451 e. The zero-order chi connectivity index (χ0) is 22.1. The number of nitrogens with zero attached hydrogens (tertiary/aromatic N) is 4. The summed E-state index contributed by atoms with van der Waals surface area (Å²) in [4.78, 5) is 30.6. The first-order chi connectivity index (χ1) is 15.6. The predicted molar refractivity (Wildman–Crippen MR) is 125 cm³/mol. The number of furan rings is 1. The summed E-state index contributed by atoms with van der Waals surface area (Å²) >= 11 is 3.10. The first-order valence-electron chi connectivity index (χ1n) is 11.1. The van der Waals surface area contributed by atoms with Gasteiger partial charge in [-0.3, -0.25) is 9.59 Å². The Bertz CT molecular complexity index is 1140. The number of amides is 2. The van der Waals surface area contributed by atoms with Gasteiger partial charge in [-0.05, 0) is 45.1 Å². The van der Waals surface area contributed by atoms with Gasteiger partial charge in [0.1, 0.15) is 16.6 Å². The summed E-state index contributed by atoms with van der Waals surface area (Å²) in [5.74, 6) is 0.821. The first kappa shape index (κ1) is 21.5. The summed E-state index contributed by atoms with van der Waals surface area (Å²) in [5, 5.41) is 10.1. The lowest BCUT2D eigenvalue weighted by Gasteiger charge is -2.36. The maximum atomic E-state index is 13.8. The summed E-state index contributed by atoms with van der Waals surface area (Å²) in [7, 11) is 0. The molecule has 9 heteroatoms. The number of likely N-dealkylation sites (tertiary alicyclic amines) is 2. The Morgan fingerprint density at radius 3 is 2.69 bits per heavy atom. The van der Waals surface area contributed by atoms with Crippen LogP contribution in [-0.2, 0) is 10.5 Å². The zero-order valence-corrected chi connectivity index (χ0v) is 19.7. The molecule has 7 nitrogen and oxygen atoms in total. The number of aromatic nitrogens is 2. The Morgan fingerprint density at radius 2 is 1.91 bits per heavy atom. The van der Waals surface area contributed by atoms with Gasteiger partial charge in [-0.25, -0.2) is 0 Å². The van der Waals surface area contributed by atoms with E-state index in [2.05, 4.69) is 10.2 Å². The molecule has 2 aromatic heterocycles. The van der Waals surface area contributed by atoms with Crippen molar-refractivity contribution in [2.75, 3.05) is 19.6 Å². The van der Waals surface area contributed by atoms with Gasteiger partial charge in [-0.2, -0.15) is 0 Å². The van der Waals surface area contributed by atoms with Gasteiger partial charge in [0.2, 0.25) is 5.91 Å². The number of rotatable bonds is 5. The monoisotopic (exact) mass is 470 g/mol. The van der Waals surface area contributed by atoms with Crippen molar-refractivity contribution in [2.24, 2.45) is 0 Å². The van der Waals surface area contributed by atoms with E-state index < -0.39 is 6.04 Å². The summed E-state index contributed by atoms with van der Waals surface area (Å²) in [6.07, 6.45) is 4.68. The van der Waals surface area contributed by atoms with Crippen molar-refractivity contribution >= 4 is 45.9 Å². The molecule has 0 radical (unpaired) electrons. The molecule has 32 heavy (non-hydrogen) atoms. The van der Waals surface area contributed by atoms with Crippen molar-refractivity contribution < 1.29 is 14.0 Å². The van der Waals surface area contributed by atoms with E-state index in [0.717, 1.165) is 65.5 Å². The molecule has 0 spiro atoms. The van der Waals surface area contributed by atoms with Gasteiger partial charge in [0.15, 0.2) is 10.1 Å². The van der Waals surface area contributed by atoms with Crippen LogP contribution in [0.3, 0.4) is 0 Å². The number of hydrogen-bond acceptors (Lipinski definition) is 7. The van der Waals surface area contributed by atoms with E-state index in [0.29, 0.717) is 23.6 Å². The van der Waals surface area contributed by atoms with Crippen molar-refractivity contribution in [2.45, 2.75) is 55.2 Å². The molecule has 2 aliphatic rings. The van der Waals surface area contributed by atoms with Crippen LogP contribution in [0.15, 0.2) is 33.0 Å². The second kappa shape index (κ2) is 9.23. The third-order valence-corrected chi connectivity index (χ3v) is 8.20. The fourth-order valence-corrected chi connectivity index (χ4v) is 6.44. The highest BCUT2D eigenvalue weighted by atomic mass is 32.2. The Hall–Kier alpha value is -2.39. The average molecular weight is 471 g/mol. The Kier molecular flexibility index (Phi) is 6.19. The van der Waals surface area contributed by atoms with Gasteiger partial charge in [-0.1, -0.05) is 41.3 Å². The zero-order valence-electron chi connectivity index (χ0n) is 18.1. The molecular formula is C23H26N4O3S2. The molecule has 2 saturated heterocycles. The van der Waals surface area contributed by atoms with E-state index in [9.17, 15) is 9.59 Å². The van der Waals surface area contributed by atoms with E-state index in [-0.39, 0.29) is 11.8 Å². The molecule has 2 amide bonds. The van der Waals surface area contributed by atoms with Crippen LogP contribution in [0.5, 0.6) is 0 Å². The molecule has 1 atom stereocenters. The van der Waals surface area contributed by atoms with Crippen molar-refractivity contribution in [1.82, 2.24) is 20.0 Å². The molecule has 0 bridgehead atoms. The van der Waals surface area contributed by atoms with Gasteiger partial charge in [0.05, 0.1) is 0 Å². The Labute approximate surface area is 195 Å². The van der Waals surface area contributed by atoms with E-state index in [4.69, 9.17) is 4.42 Å². The third-order valence-electron chi connectivity index (χ3n) is 6.21. The highest BCUT2D eigenvalue weighted by Crippen LogP contribution is 2.35. The molecule has 5 rings (SSSR count). The van der Waals surface area contributed by atoms with Crippen LogP contribution < -0.4 is 0 Å². The van der Waals surface area contributed by atoms with E-state index in [1.54, 1.807) is 28.0 Å². The first-order valence-corrected chi connectivity index (χ1v) is 12.9. The van der Waals surface area contributed by atoms with Gasteiger partial charge < -0.3 is 14.2 Å². The lowest BCUT2D eigenvalue weighted by molar-refractivity contribution is -0.136. The molecule has 4 heterocycles. The Morgan fingerprint density at radius 1 is 1.12 bits per heavy atom. The minimum atomic E-state index is -0.395. The standard InChI is InChI=1S/C23H26N4O3S2/c1-15-24-25-23(32-15)31-14-17-16-8-2-3-10-19(16)30-20(17)22(29)27-13-5-4-9-18(27)21(28)26-11-6-7-12-26/h2-3,8,10,18H,4-7,9,11-14H2,1H3. The topological polar surface area (TPSA) is 79.5 Å². The summed E-state index contributed by atoms with van der Waals surface area (Å²) in [6.45, 7) is 4.11. The number of aryl methyl sites for hydroxylation is 1. The predicted octanol–water partition coefficient (Wildman–Crippen LogP) is 4.50. The number of hydrogen-bond donors (Lipinski definition) is 0. The van der Waals surface area contributed by atoms with Gasteiger partial charge in [-0.15, -0.1) is 10.2 Å². The lowest BCUT2D eigenvalue weighted by atomic mass is 10.00. The Balaban J connectivity index is 1.45. The molecule has 2 fully saturated rings. The fourth-order valence-electron chi connectivity index (χ4n) is 4.60. The van der Waals surface area contributed by atoms with Crippen LogP contribution in [0.25, 0.3) is 11.0 Å². The summed E-state index contributed by atoms with van der Waals surface area (Å²) in [5.41, 5.74) is 1.56. The third kappa shape index (κ3) is 4.15. The number of piperidine rings is 1. The molecule has 0 saturated carbocycles. The van der Waals surface area contributed by atoms with E-state index in [1.165, 1.54) is 0 Å². The van der Waals surface area contributed by atoms with Gasteiger partial charge >= 0.3 is 0 Å². The minimum absolute atomic E-state index is 0.0897. The molecule has 0 N–H and O–H groups in total. The van der Waals surface area contributed by atoms with Crippen molar-refractivity contribution in [3.63, 3.8) is 0 Å². The quantitative estimate of drug-likeness (QED) is 0.511. The van der Waals surface area contributed by atoms with Crippen LogP contribution >= 0.6 is 23.1 Å². The van der Waals surface area contributed by atoms with E-state index in [1.807, 2.05) is 36.1 Å². The normalized spacial score (nSPS) is 19.1. The number of para-hydroxylation sites is 1. The van der Waals surface area contributed by atoms with Crippen molar-refractivity contribution in [3.8, 4) is 0 Å². The number of carbonyl (C=O) groups is 2. The number of carbonyl (C=O) groups excluding carboxylic acids is 2. The van der Waals surface area contributed by atoms with Crippen molar-refractivity contribution in [3.05, 3.63) is 40.6 Å². The van der Waals surface area contributed by atoms with Crippen LogP contribution in [0.2, 0.25) is 0 Å². The van der Waals surface area contributed by atoms with E-state index >= 15 is 0 Å². The molecule has 2 aliphatic heterocycles. The molecule has 0 aliphatic carbocycles. The van der Waals surface area contributed by atoms with Gasteiger partial charge in [0.25, 0.3) is 5.91 Å². The highest BCUT2D eigenvalue weighted by molar-refractivity contribution is 8.00. The summed E-state index contributed by atoms with van der Waals surface area (Å²) in [6, 6.07) is 7.34. The van der Waals surface area contributed by atoms with Crippen LogP contribution in [0, 0.1) is 6.92 Å². The number of benzene rings is 1. The van der Waals surface area contributed by atoms with Crippen LogP contribution in [0.1, 0.15) is 53.2 Å². The molecule has 168 valence electrons. The summed E-state index contributed by atoms with van der Waals surface area (Å²) < 4.78 is 6.97. The van der Waals surface area contributed by atoms with Crippen LogP contribution in [0.4, 0.5) is 0 Å². The molecule has 1 aromatic carbocycles. The van der Waals surface area contributed by atoms with Crippen LogP contribution in [-0.4, -0.2) is 57.5 Å². The number of fused-ring (bicyclic) bond motifs is 1. The smallest absolute Gasteiger partial charge is 0.290 e. The van der Waals surface area contributed by atoms with Gasteiger partial charge in [0, 0.05) is 36.3 Å². The lowest BCUT2D eigenvalue weighted by Crippen LogP contribution is -2.52. The SMILES string of the molecule is Cc1nnc(SCc2c(C(=O)N3CCCCC3C(=O)N3CCCC3)oc3ccccc23)s1. The molecule has 1 unspecified atom stereocenters. The average Bonchev–Trinajstić information content (AvgIpc) is 3.57. The fraction of sp³-hybridized carbons (Fsp3) is 0.478. The molecular weight excluding hydrogens is 444 g/mol. The largest absolute Gasteiger partial charge is 0.451 e. The maximum Gasteiger partial charge on any atom is 0.290 e.